The summed E-state index contributed by atoms with van der Waals surface area (Å²) in [7, 11) is 0. The fraction of sp³-hybridized carbons (Fsp3) is 0.625. The highest BCUT2D eigenvalue weighted by Crippen LogP contribution is 2.37. The van der Waals surface area contributed by atoms with Crippen molar-refractivity contribution < 1.29 is 79.9 Å². The van der Waals surface area contributed by atoms with Gasteiger partial charge in [-0.15, -0.1) is 0 Å². The zero-order valence-electron chi connectivity index (χ0n) is 91.9. The van der Waals surface area contributed by atoms with E-state index in [1.165, 1.54) is 36.9 Å². The molecule has 0 aliphatic carbocycles. The molecule has 0 amide bonds. The number of rotatable bonds is 28. The molecule has 0 spiro atoms. The van der Waals surface area contributed by atoms with Crippen LogP contribution >= 0.6 is 23.2 Å². The summed E-state index contributed by atoms with van der Waals surface area (Å²) in [6.45, 7) is 86.8. The largest absolute Gasteiger partial charge is 0.493 e. The Hall–Kier alpha value is -9.29. The first kappa shape index (κ1) is 127. The van der Waals surface area contributed by atoms with Crippen LogP contribution in [0.4, 0.5) is 13.2 Å². The van der Waals surface area contributed by atoms with Gasteiger partial charge in [-0.3, -0.25) is 48.5 Å². The van der Waals surface area contributed by atoms with Crippen molar-refractivity contribution >= 4 is 63.7 Å². The molecule has 0 aliphatic rings. The molecule has 0 saturated heterocycles. The summed E-state index contributed by atoms with van der Waals surface area (Å²) in [5.41, 5.74) is -0.102. The third-order valence-electron chi connectivity index (χ3n) is 19.9. The predicted molar refractivity (Wildman–Crippen MR) is 553 cm³/mol. The normalized spacial score (nSPS) is 12.3. The Labute approximate surface area is 836 Å². The molecule has 0 N–H and O–H groups in total. The van der Waals surface area contributed by atoms with E-state index < -0.39 is 49.9 Å². The summed E-state index contributed by atoms with van der Waals surface area (Å²) in [5.74, 6) is -0.203. The van der Waals surface area contributed by atoms with Crippen LogP contribution in [0.5, 0.6) is 40.6 Å². The quantitative estimate of drug-likeness (QED) is 0.0412. The van der Waals surface area contributed by atoms with E-state index in [0.717, 1.165) is 51.1 Å². The number of nitrogens with zero attached hydrogens (tertiary/aromatic N) is 7. The van der Waals surface area contributed by atoms with Crippen LogP contribution in [0.2, 0.25) is 10.0 Å². The van der Waals surface area contributed by atoms with E-state index in [4.69, 9.17) is 56.4 Å². The van der Waals surface area contributed by atoms with Crippen LogP contribution in [-0.4, -0.2) is 122 Å². The first-order valence-electron chi connectivity index (χ1n) is 47.7. The molecule has 0 fully saturated rings. The van der Waals surface area contributed by atoms with E-state index in [0.29, 0.717) is 102 Å². The van der Waals surface area contributed by atoms with Crippen molar-refractivity contribution in [2.75, 3.05) is 46.2 Å². The molecule has 7 aromatic rings. The van der Waals surface area contributed by atoms with E-state index in [2.05, 4.69) is 180 Å². The highest BCUT2D eigenvalue weighted by atomic mass is 35.5. The first-order valence-corrected chi connectivity index (χ1v) is 48.4. The molecule has 772 valence electrons. The molecular weight excluding hydrogens is 1800 g/mol. The molecule has 0 aliphatic heterocycles. The van der Waals surface area contributed by atoms with Crippen molar-refractivity contribution in [2.24, 2.45) is 75.8 Å². The summed E-state index contributed by atoms with van der Waals surface area (Å²) in [4.78, 5) is 113. The first-order chi connectivity index (χ1) is 62.3. The standard InChI is InChI=1S/2C16H24ClNO2.3C16H24FNO2.2C16H25NO2/c1-15(2,3)8-10-20-14-12(17)11(7-9-18-14)13(19)16(4,5)6;1-15(2,3)7-8-20-13-9-12(18-10-11(13)17)14(19)16(4,5)6;1-15(2,3)8-10-20-14-12(17)11(7-9-18-14)13(19)16(4,5)6;1-15(2,3)7-8-20-13-9-12(18-10-11(13)17)14(19)16(4,5)6;1-15(2,3)7-8-20-12-10-18-9-11(13(12)17)14(19)16(4,5)6;1-15(2,3)8-10-19-12-7-9-17-13(11-12)14(18)16(4,5)6;1-15(2,3)8-10-19-13-11-12(7-9-17-13)14(18)16(4,5)6/h7,9H,8,10H2,1-6H3;9-10H,7-8H2,1-6H3;7,9H,8,10H2,1-6H3;2*9-10H,7-8H2,1-6H3;2*7,9,11H,8,10H2,1-6H3. The molecule has 0 radical (unpaired) electrons. The average Bonchev–Trinajstić information content (AvgIpc) is 0.813. The van der Waals surface area contributed by atoms with Crippen LogP contribution < -0.4 is 33.2 Å². The van der Waals surface area contributed by atoms with E-state index in [1.54, 1.807) is 117 Å². The number of aromatic nitrogens is 7. The topological polar surface area (TPSA) is 274 Å². The van der Waals surface area contributed by atoms with Crippen LogP contribution in [0.3, 0.4) is 0 Å². The van der Waals surface area contributed by atoms with Crippen LogP contribution in [0.1, 0.15) is 409 Å². The monoisotopic (exact) mass is 1960 g/mol. The Kier molecular flexibility index (Phi) is 48.7. The Bertz CT molecular complexity index is 4630. The highest BCUT2D eigenvalue weighted by Gasteiger charge is 2.34. The molecule has 7 heterocycles. The van der Waals surface area contributed by atoms with Gasteiger partial charge in [-0.2, -0.15) is 0 Å². The van der Waals surface area contributed by atoms with Crippen molar-refractivity contribution in [3.8, 4) is 40.6 Å². The van der Waals surface area contributed by atoms with Crippen LogP contribution in [0.15, 0.2) is 98.1 Å². The number of ether oxygens (including phenoxy) is 7. The second-order valence-corrected chi connectivity index (χ2v) is 51.2. The minimum absolute atomic E-state index is 0.00856. The molecule has 7 rings (SSSR count). The predicted octanol–water partition coefficient (Wildman–Crippen LogP) is 30.6. The molecule has 0 aromatic carbocycles. The zero-order valence-corrected chi connectivity index (χ0v) is 93.4. The zero-order chi connectivity index (χ0) is 107. The number of halogens is 5. The highest BCUT2D eigenvalue weighted by molar-refractivity contribution is 6.35. The lowest BCUT2D eigenvalue weighted by Gasteiger charge is -2.20. The molecule has 26 heteroatoms. The third kappa shape index (κ3) is 51.2. The molecule has 21 nitrogen and oxygen atoms in total. The van der Waals surface area contributed by atoms with Crippen molar-refractivity contribution in [1.29, 1.82) is 0 Å². The maximum atomic E-state index is 14.3. The Balaban J connectivity index is 0.000000805. The molecule has 7 aromatic heterocycles. The number of hydrogen-bond donors (Lipinski definition) is 0. The minimum atomic E-state index is -0.665. The summed E-state index contributed by atoms with van der Waals surface area (Å²) < 4.78 is 81.1. The van der Waals surface area contributed by atoms with Gasteiger partial charge in [0.1, 0.15) is 38.6 Å². The number of Topliss-reactive ketones (excluding diaryl/α,β-unsaturated/α-hetero) is 7. The van der Waals surface area contributed by atoms with E-state index in [1.807, 2.05) is 83.1 Å². The van der Waals surface area contributed by atoms with Gasteiger partial charge in [-0.1, -0.05) is 314 Å². The fourth-order valence-electron chi connectivity index (χ4n) is 10.7. The Morgan fingerprint density at radius 2 is 0.594 bits per heavy atom. The molecule has 138 heavy (non-hydrogen) atoms. The van der Waals surface area contributed by atoms with Gasteiger partial charge in [-0.05, 0) is 107 Å². The molecule has 0 saturated carbocycles. The summed E-state index contributed by atoms with van der Waals surface area (Å²) in [5, 5.41) is 0.741. The fourth-order valence-corrected chi connectivity index (χ4v) is 11.1. The van der Waals surface area contributed by atoms with E-state index in [9.17, 15) is 46.7 Å². The second kappa shape index (κ2) is 53.0. The summed E-state index contributed by atoms with van der Waals surface area (Å²) in [6.07, 6.45) is 17.4. The summed E-state index contributed by atoms with van der Waals surface area (Å²) >= 11 is 12.3. The van der Waals surface area contributed by atoms with Crippen LogP contribution in [-0.2, 0) is 0 Å². The van der Waals surface area contributed by atoms with Gasteiger partial charge in [-0.25, -0.2) is 33.1 Å². The SMILES string of the molecule is CC(C)(C)CCOc1cc(C(=O)C(C)(C)C)ccn1.CC(C)(C)CCOc1cc(C(=O)C(C)(C)C)ncc1Cl.CC(C)(C)CCOc1cc(C(=O)C(C)(C)C)ncc1F.CC(C)(C)CCOc1ccnc(C(=O)C(C)(C)C)c1.CC(C)(C)CCOc1cncc(C(=O)C(C)(C)C)c1F.CC(C)(C)CCOc1nccc(C(=O)C(C)(C)C)c1Cl.CC(C)(C)CCOc1nccc(C(=O)C(C)(C)C)c1F. The lowest BCUT2D eigenvalue weighted by Crippen LogP contribution is -2.22. The number of ketones is 7. The lowest BCUT2D eigenvalue weighted by atomic mass is 9.87. The van der Waals surface area contributed by atoms with E-state index >= 15 is 0 Å². The van der Waals surface area contributed by atoms with Gasteiger partial charge in [0.15, 0.2) is 69.4 Å². The van der Waals surface area contributed by atoms with Gasteiger partial charge in [0.2, 0.25) is 11.8 Å². The van der Waals surface area contributed by atoms with Crippen molar-refractivity contribution in [3.63, 3.8) is 0 Å². The third-order valence-corrected chi connectivity index (χ3v) is 20.5. The van der Waals surface area contributed by atoms with Gasteiger partial charge in [0.25, 0.3) is 5.88 Å². The molecule has 0 bridgehead atoms. The van der Waals surface area contributed by atoms with Gasteiger partial charge in [0.05, 0.1) is 76.0 Å². The molecule has 0 unspecified atom stereocenters. The Morgan fingerprint density at radius 3 is 1.01 bits per heavy atom. The molecule has 0 atom stereocenters. The Morgan fingerprint density at radius 1 is 0.275 bits per heavy atom. The van der Waals surface area contributed by atoms with Crippen molar-refractivity contribution in [1.82, 2.24) is 34.9 Å². The van der Waals surface area contributed by atoms with Crippen LogP contribution in [0.25, 0.3) is 0 Å². The number of carbonyl (C=O) groups excluding carboxylic acids is 7. The lowest BCUT2D eigenvalue weighted by molar-refractivity contribution is 0.0846. The van der Waals surface area contributed by atoms with Crippen LogP contribution in [0, 0.1) is 93.3 Å². The minimum Gasteiger partial charge on any atom is -0.493 e. The van der Waals surface area contributed by atoms with Gasteiger partial charge >= 0.3 is 0 Å². The molecular formula is C112H170Cl2F3N7O14. The summed E-state index contributed by atoms with van der Waals surface area (Å²) in [6, 6.07) is 13.1. The van der Waals surface area contributed by atoms with E-state index in [-0.39, 0.29) is 118 Å². The average molecular weight is 1970 g/mol. The number of pyridine rings is 7. The maximum Gasteiger partial charge on any atom is 0.251 e. The number of hydrogen-bond acceptors (Lipinski definition) is 21. The van der Waals surface area contributed by atoms with Gasteiger partial charge in [0, 0.05) is 104 Å². The smallest absolute Gasteiger partial charge is 0.251 e. The number of carbonyl (C=O) groups is 7. The van der Waals surface area contributed by atoms with Gasteiger partial charge < -0.3 is 33.2 Å². The maximum absolute atomic E-state index is 14.3. The van der Waals surface area contributed by atoms with Crippen molar-refractivity contribution in [3.05, 3.63) is 165 Å². The second-order valence-electron chi connectivity index (χ2n) is 50.4. The van der Waals surface area contributed by atoms with Crippen molar-refractivity contribution in [2.45, 2.75) is 336 Å².